The minimum absolute atomic E-state index is 0.0782. The van der Waals surface area contributed by atoms with Gasteiger partial charge in [-0.3, -0.25) is 13.8 Å². The molecule has 0 saturated carbocycles. The lowest BCUT2D eigenvalue weighted by Gasteiger charge is -2.26. The van der Waals surface area contributed by atoms with E-state index in [-0.39, 0.29) is 19.1 Å². The van der Waals surface area contributed by atoms with Crippen LogP contribution >= 0.6 is 7.82 Å². The van der Waals surface area contributed by atoms with Crippen LogP contribution in [0.3, 0.4) is 0 Å². The molecule has 0 aliphatic carbocycles. The van der Waals surface area contributed by atoms with E-state index in [2.05, 4.69) is 19.2 Å². The Bertz CT molecular complexity index is 855. The molecule has 0 fully saturated rings. The first-order chi connectivity index (χ1) is 26.0. The smallest absolute Gasteiger partial charge is 0.391 e. The number of hydrogen-bond acceptors (Lipinski definition) is 5. The summed E-state index contributed by atoms with van der Waals surface area (Å²) in [6, 6.07) is -0.751. The Morgan fingerprint density at radius 2 is 0.889 bits per heavy atom. The van der Waals surface area contributed by atoms with Crippen LogP contribution in [-0.2, 0) is 18.4 Å². The lowest BCUT2D eigenvalue weighted by Crippen LogP contribution is -2.46. The molecule has 0 spiro atoms. The van der Waals surface area contributed by atoms with E-state index >= 15 is 0 Å². The molecule has 0 aromatic carbocycles. The Kier molecular flexibility index (Phi) is 37.7. The predicted molar refractivity (Wildman–Crippen MR) is 231 cm³/mol. The third-order valence-electron chi connectivity index (χ3n) is 10.9. The highest BCUT2D eigenvalue weighted by Crippen LogP contribution is 2.43. The van der Waals surface area contributed by atoms with Gasteiger partial charge in [0.2, 0.25) is 5.91 Å². The van der Waals surface area contributed by atoms with Gasteiger partial charge in [0, 0.05) is 6.42 Å². The fraction of sp³-hybridized carbons (Fsp3) is 0.978. The lowest BCUT2D eigenvalue weighted by atomic mass is 10.0. The first kappa shape index (κ1) is 53.5. The molecule has 0 rings (SSSR count). The van der Waals surface area contributed by atoms with Gasteiger partial charge in [-0.25, -0.2) is 4.57 Å². The number of aliphatic hydroxyl groups excluding tert-OH is 1. The van der Waals surface area contributed by atoms with Crippen molar-refractivity contribution < 1.29 is 32.9 Å². The molecule has 8 nitrogen and oxygen atoms in total. The average Bonchev–Trinajstić information content (AvgIpc) is 3.12. The number of likely N-dealkylation sites (N-methyl/N-ethyl adjacent to an activating group) is 1. The largest absolute Gasteiger partial charge is 0.472 e. The number of amides is 1. The highest BCUT2D eigenvalue weighted by molar-refractivity contribution is 7.47. The van der Waals surface area contributed by atoms with Gasteiger partial charge in [0.05, 0.1) is 39.9 Å². The van der Waals surface area contributed by atoms with Crippen molar-refractivity contribution >= 4 is 13.7 Å². The zero-order valence-electron chi connectivity index (χ0n) is 36.7. The zero-order valence-corrected chi connectivity index (χ0v) is 37.6. The normalized spacial score (nSPS) is 14.3. The molecule has 0 aliphatic heterocycles. The van der Waals surface area contributed by atoms with Crippen LogP contribution in [0, 0.1) is 0 Å². The van der Waals surface area contributed by atoms with Crippen LogP contribution in [0.1, 0.15) is 232 Å². The van der Waals surface area contributed by atoms with E-state index in [4.69, 9.17) is 9.05 Å². The molecular formula is C45H94N2O6P+. The number of hydrogen-bond donors (Lipinski definition) is 3. The van der Waals surface area contributed by atoms with Gasteiger partial charge in [-0.2, -0.15) is 0 Å². The van der Waals surface area contributed by atoms with Crippen molar-refractivity contribution in [3.63, 3.8) is 0 Å². The summed E-state index contributed by atoms with van der Waals surface area (Å²) in [6.07, 6.45) is 41.5. The maximum absolute atomic E-state index is 12.8. The first-order valence-electron chi connectivity index (χ1n) is 23.4. The number of quaternary nitrogens is 1. The summed E-state index contributed by atoms with van der Waals surface area (Å²) < 4.78 is 23.6. The second kappa shape index (κ2) is 38.0. The molecule has 3 unspecified atom stereocenters. The van der Waals surface area contributed by atoms with Gasteiger partial charge >= 0.3 is 7.82 Å². The predicted octanol–water partition coefficient (Wildman–Crippen LogP) is 13.0. The minimum Gasteiger partial charge on any atom is -0.391 e. The molecule has 0 heterocycles. The standard InChI is InChI=1S/C45H93N2O6P/c1-6-8-10-12-14-16-17-18-19-20-21-22-23-24-25-26-27-28-29-30-31-32-34-36-38-44(48)43(42-53-54(50,51)52-41-40-47(3,4)5)46-45(49)39-37-35-33-15-13-11-9-7-2/h43-44,48H,6-42H2,1-5H3,(H-,46,49,50,51)/p+1. The molecule has 0 aromatic rings. The van der Waals surface area contributed by atoms with E-state index in [1.165, 1.54) is 167 Å². The highest BCUT2D eigenvalue weighted by atomic mass is 31.2. The van der Waals surface area contributed by atoms with Gasteiger partial charge in [0.25, 0.3) is 0 Å². The number of rotatable bonds is 43. The molecular weight excluding hydrogens is 695 g/mol. The number of nitrogens with one attached hydrogen (secondary N) is 1. The number of nitrogens with zero attached hydrogens (tertiary/aromatic N) is 1. The summed E-state index contributed by atoms with van der Waals surface area (Å²) in [7, 11) is 1.63. The number of carbonyl (C=O) groups excluding carboxylic acids is 1. The lowest BCUT2D eigenvalue weighted by molar-refractivity contribution is -0.870. The Morgan fingerprint density at radius 3 is 1.24 bits per heavy atom. The molecule has 0 aromatic heterocycles. The van der Waals surface area contributed by atoms with E-state index in [0.29, 0.717) is 23.9 Å². The molecule has 3 N–H and O–H groups in total. The molecule has 0 radical (unpaired) electrons. The Labute approximate surface area is 336 Å². The number of unbranched alkanes of at least 4 members (excludes halogenated alkanes) is 30. The van der Waals surface area contributed by atoms with Gasteiger partial charge in [-0.1, -0.05) is 213 Å². The maximum Gasteiger partial charge on any atom is 0.472 e. The summed E-state index contributed by atoms with van der Waals surface area (Å²) in [5.74, 6) is -0.146. The molecule has 9 heteroatoms. The highest BCUT2D eigenvalue weighted by Gasteiger charge is 2.28. The van der Waals surface area contributed by atoms with Gasteiger partial charge < -0.3 is 19.8 Å². The Hall–Kier alpha value is -0.500. The van der Waals surface area contributed by atoms with Crippen molar-refractivity contribution in [2.24, 2.45) is 0 Å². The summed E-state index contributed by atoms with van der Waals surface area (Å²) in [6.45, 7) is 4.88. The van der Waals surface area contributed by atoms with Gasteiger partial charge in [-0.15, -0.1) is 0 Å². The van der Waals surface area contributed by atoms with Crippen LogP contribution in [0.15, 0.2) is 0 Å². The van der Waals surface area contributed by atoms with Crippen molar-refractivity contribution in [2.75, 3.05) is 40.9 Å². The topological polar surface area (TPSA) is 105 Å². The molecule has 1 amide bonds. The molecule has 0 aliphatic rings. The number of aliphatic hydroxyl groups is 1. The summed E-state index contributed by atoms with van der Waals surface area (Å²) in [5, 5.41) is 13.9. The van der Waals surface area contributed by atoms with Crippen molar-refractivity contribution in [3.05, 3.63) is 0 Å². The average molecular weight is 790 g/mol. The molecule has 54 heavy (non-hydrogen) atoms. The first-order valence-corrected chi connectivity index (χ1v) is 24.9. The number of phosphoric acid groups is 1. The van der Waals surface area contributed by atoms with Gasteiger partial charge in [0.15, 0.2) is 0 Å². The van der Waals surface area contributed by atoms with Crippen LogP contribution in [0.4, 0.5) is 0 Å². The van der Waals surface area contributed by atoms with Crippen molar-refractivity contribution in [1.82, 2.24) is 5.32 Å². The van der Waals surface area contributed by atoms with E-state index in [0.717, 1.165) is 38.5 Å². The van der Waals surface area contributed by atoms with Crippen LogP contribution in [0.5, 0.6) is 0 Å². The van der Waals surface area contributed by atoms with Crippen molar-refractivity contribution in [1.29, 1.82) is 0 Å². The number of carbonyl (C=O) groups is 1. The van der Waals surface area contributed by atoms with Crippen molar-refractivity contribution in [2.45, 2.75) is 244 Å². The quantitative estimate of drug-likeness (QED) is 0.0323. The zero-order chi connectivity index (χ0) is 40.0. The minimum atomic E-state index is -4.30. The Morgan fingerprint density at radius 1 is 0.556 bits per heavy atom. The molecule has 324 valence electrons. The third kappa shape index (κ3) is 39.7. The second-order valence-corrected chi connectivity index (χ2v) is 19.0. The number of phosphoric ester groups is 1. The fourth-order valence-corrected chi connectivity index (χ4v) is 7.84. The monoisotopic (exact) mass is 790 g/mol. The van der Waals surface area contributed by atoms with Gasteiger partial charge in [0.1, 0.15) is 13.2 Å². The van der Waals surface area contributed by atoms with Gasteiger partial charge in [-0.05, 0) is 12.8 Å². The summed E-state index contributed by atoms with van der Waals surface area (Å²) >= 11 is 0. The summed E-state index contributed by atoms with van der Waals surface area (Å²) in [4.78, 5) is 23.0. The van der Waals surface area contributed by atoms with E-state index in [1.807, 2.05) is 21.1 Å². The SMILES string of the molecule is CCCCCCCCCCCCCCCCCCCCCCCCCCC(O)C(COP(=O)(O)OCC[N+](C)(C)C)NC(=O)CCCCCCCCCC. The van der Waals surface area contributed by atoms with Crippen LogP contribution in [0.2, 0.25) is 0 Å². The second-order valence-electron chi connectivity index (χ2n) is 17.5. The molecule has 0 saturated heterocycles. The van der Waals surface area contributed by atoms with E-state index in [1.54, 1.807) is 0 Å². The van der Waals surface area contributed by atoms with Crippen LogP contribution in [0.25, 0.3) is 0 Å². The van der Waals surface area contributed by atoms with E-state index < -0.39 is 20.0 Å². The molecule has 0 bridgehead atoms. The summed E-state index contributed by atoms with van der Waals surface area (Å²) in [5.41, 5.74) is 0. The molecule has 3 atom stereocenters. The Balaban J connectivity index is 4.09. The maximum atomic E-state index is 12.8. The van der Waals surface area contributed by atoms with Crippen LogP contribution < -0.4 is 5.32 Å². The van der Waals surface area contributed by atoms with E-state index in [9.17, 15) is 19.4 Å². The van der Waals surface area contributed by atoms with Crippen LogP contribution in [-0.4, -0.2) is 73.4 Å². The third-order valence-corrected chi connectivity index (χ3v) is 11.8. The fourth-order valence-electron chi connectivity index (χ4n) is 7.11. The van der Waals surface area contributed by atoms with Crippen molar-refractivity contribution in [3.8, 4) is 0 Å².